The molecule has 1 aromatic heterocycles. The first kappa shape index (κ1) is 16.8. The van der Waals surface area contributed by atoms with Gasteiger partial charge in [-0.2, -0.15) is 4.98 Å². The summed E-state index contributed by atoms with van der Waals surface area (Å²) in [6, 6.07) is 1.38. The summed E-state index contributed by atoms with van der Waals surface area (Å²) in [5.41, 5.74) is 4.74. The minimum atomic E-state index is -2.46. The van der Waals surface area contributed by atoms with Crippen molar-refractivity contribution in [1.82, 2.24) is 9.55 Å². The van der Waals surface area contributed by atoms with Crippen LogP contribution in [0.25, 0.3) is 0 Å². The summed E-state index contributed by atoms with van der Waals surface area (Å²) >= 11 is 0. The average Bonchev–Trinajstić information content (AvgIpc) is 2.91. The molecule has 0 radical (unpaired) electrons. The van der Waals surface area contributed by atoms with Gasteiger partial charge in [-0.15, -0.1) is 0 Å². The lowest BCUT2D eigenvalue weighted by Crippen LogP contribution is -2.43. The van der Waals surface area contributed by atoms with E-state index in [1.54, 1.807) is 13.8 Å². The van der Waals surface area contributed by atoms with Crippen molar-refractivity contribution in [2.75, 3.05) is 12.3 Å². The van der Waals surface area contributed by atoms with Gasteiger partial charge in [-0.3, -0.25) is 9.36 Å². The summed E-state index contributed by atoms with van der Waals surface area (Å²) in [4.78, 5) is 26.6. The van der Waals surface area contributed by atoms with Gasteiger partial charge in [-0.25, -0.2) is 9.18 Å². The Bertz CT molecular complexity index is 723. The molecular weight excluding hydrogens is 325 g/mol. The van der Waals surface area contributed by atoms with Crippen molar-refractivity contribution in [2.24, 2.45) is 0 Å². The molecule has 2 aliphatic rings. The number of carbonyl (C=O) groups is 1. The number of nitrogen functional groups attached to an aromatic ring is 1. The van der Waals surface area contributed by atoms with Crippen molar-refractivity contribution < 1.29 is 28.1 Å². The second kappa shape index (κ2) is 5.50. The van der Waals surface area contributed by atoms with Crippen LogP contribution in [0, 0.1) is 0 Å². The third-order valence-corrected chi connectivity index (χ3v) is 3.75. The number of halogens is 1. The monoisotopic (exact) mass is 343 g/mol. The second-order valence-corrected chi connectivity index (χ2v) is 6.14. The van der Waals surface area contributed by atoms with Crippen LogP contribution < -0.4 is 11.4 Å². The molecule has 0 unspecified atom stereocenters. The molecule has 3 heterocycles. The smallest absolute Gasteiger partial charge is 0.351 e. The number of esters is 1. The number of anilines is 1. The second-order valence-electron chi connectivity index (χ2n) is 6.14. The van der Waals surface area contributed by atoms with Gasteiger partial charge >= 0.3 is 11.7 Å². The first-order chi connectivity index (χ1) is 11.1. The first-order valence-electron chi connectivity index (χ1n) is 7.32. The van der Waals surface area contributed by atoms with E-state index in [2.05, 4.69) is 4.98 Å². The molecule has 0 aromatic carbocycles. The maximum Gasteiger partial charge on any atom is 0.351 e. The van der Waals surface area contributed by atoms with E-state index in [9.17, 15) is 9.59 Å². The summed E-state index contributed by atoms with van der Waals surface area (Å²) in [7, 11) is 0. The Morgan fingerprint density at radius 3 is 2.79 bits per heavy atom. The Balaban J connectivity index is 1.96. The lowest BCUT2D eigenvalue weighted by Gasteiger charge is -2.28. The molecule has 24 heavy (non-hydrogen) atoms. The molecule has 0 bridgehead atoms. The predicted octanol–water partition coefficient (Wildman–Crippen LogP) is 0.103. The highest BCUT2D eigenvalue weighted by atomic mass is 19.2. The highest BCUT2D eigenvalue weighted by molar-refractivity contribution is 5.65. The zero-order chi connectivity index (χ0) is 17.7. The Kier molecular flexibility index (Phi) is 3.85. The third-order valence-electron chi connectivity index (χ3n) is 3.75. The normalized spacial score (nSPS) is 34.1. The molecule has 4 atom stereocenters. The molecule has 3 rings (SSSR count). The SMILES string of the molecule is CC(=O)OC[C@@]1(F)O[C@@H](n2ccc(N)nc2=O)[C@@H]2OC(C)(C)O[C@@H]21. The van der Waals surface area contributed by atoms with Crippen LogP contribution in [0.2, 0.25) is 0 Å². The van der Waals surface area contributed by atoms with Gasteiger partial charge in [0.2, 0.25) is 0 Å². The molecule has 2 saturated heterocycles. The van der Waals surface area contributed by atoms with Crippen molar-refractivity contribution in [3.8, 4) is 0 Å². The molecule has 0 amide bonds. The number of hydrogen-bond donors (Lipinski definition) is 1. The van der Waals surface area contributed by atoms with Crippen LogP contribution in [0.1, 0.15) is 27.0 Å². The standard InChI is InChI=1S/C14H18FN3O6/c1-7(19)21-6-14(15)10-9(22-13(2,3)23-10)11(24-14)18-5-4-8(16)17-12(18)20/h4-5,9-11H,6H2,1-3H3,(H2,16,17,20)/t9-,10+,11-,14-/m1/s1. The number of nitrogens with two attached hydrogens (primary N) is 1. The fraction of sp³-hybridized carbons (Fsp3) is 0.643. The van der Waals surface area contributed by atoms with Crippen molar-refractivity contribution in [1.29, 1.82) is 0 Å². The Morgan fingerprint density at radius 1 is 1.46 bits per heavy atom. The average molecular weight is 343 g/mol. The summed E-state index contributed by atoms with van der Waals surface area (Å²) < 4.78 is 37.7. The molecule has 10 heteroatoms. The van der Waals surface area contributed by atoms with Gasteiger partial charge in [0.15, 0.2) is 24.7 Å². The van der Waals surface area contributed by atoms with Gasteiger partial charge in [0, 0.05) is 13.1 Å². The highest BCUT2D eigenvalue weighted by Gasteiger charge is 2.65. The van der Waals surface area contributed by atoms with Gasteiger partial charge in [-0.05, 0) is 19.9 Å². The number of nitrogens with zero attached hydrogens (tertiary/aromatic N) is 2. The number of aromatic nitrogens is 2. The highest BCUT2D eigenvalue weighted by Crippen LogP contribution is 2.48. The number of alkyl halides is 1. The Morgan fingerprint density at radius 2 is 2.17 bits per heavy atom. The van der Waals surface area contributed by atoms with E-state index in [0.29, 0.717) is 0 Å². The molecule has 0 spiro atoms. The molecule has 2 aliphatic heterocycles. The van der Waals surface area contributed by atoms with E-state index < -0.39 is 48.3 Å². The topological polar surface area (TPSA) is 115 Å². The molecule has 2 fully saturated rings. The molecule has 0 aliphatic carbocycles. The molecule has 2 N–H and O–H groups in total. The van der Waals surface area contributed by atoms with Crippen molar-refractivity contribution in [2.45, 2.75) is 50.8 Å². The lowest BCUT2D eigenvalue weighted by molar-refractivity contribution is -0.267. The van der Waals surface area contributed by atoms with Gasteiger partial charge < -0.3 is 24.7 Å². The van der Waals surface area contributed by atoms with E-state index >= 15 is 4.39 Å². The quantitative estimate of drug-likeness (QED) is 0.769. The lowest BCUT2D eigenvalue weighted by atomic mass is 10.1. The van der Waals surface area contributed by atoms with Crippen LogP contribution in [0.3, 0.4) is 0 Å². The largest absolute Gasteiger partial charge is 0.460 e. The van der Waals surface area contributed by atoms with E-state index in [4.69, 9.17) is 24.7 Å². The zero-order valence-corrected chi connectivity index (χ0v) is 13.4. The number of carbonyl (C=O) groups excluding carboxylic acids is 1. The van der Waals surface area contributed by atoms with Crippen LogP contribution in [0.5, 0.6) is 0 Å². The van der Waals surface area contributed by atoms with Crippen molar-refractivity contribution in [3.05, 3.63) is 22.7 Å². The zero-order valence-electron chi connectivity index (χ0n) is 13.4. The third kappa shape index (κ3) is 2.87. The fourth-order valence-electron chi connectivity index (χ4n) is 2.82. The van der Waals surface area contributed by atoms with Gasteiger partial charge in [0.1, 0.15) is 11.9 Å². The van der Waals surface area contributed by atoms with Crippen LogP contribution in [-0.2, 0) is 23.7 Å². The summed E-state index contributed by atoms with van der Waals surface area (Å²) in [5.74, 6) is -4.19. The molecule has 9 nitrogen and oxygen atoms in total. The van der Waals surface area contributed by atoms with E-state index in [1.807, 2.05) is 0 Å². The van der Waals surface area contributed by atoms with Crippen molar-refractivity contribution in [3.63, 3.8) is 0 Å². The fourth-order valence-corrected chi connectivity index (χ4v) is 2.82. The molecule has 0 saturated carbocycles. The number of ether oxygens (including phenoxy) is 4. The van der Waals surface area contributed by atoms with Gasteiger partial charge in [-0.1, -0.05) is 0 Å². The molecule has 132 valence electrons. The number of rotatable bonds is 3. The van der Waals surface area contributed by atoms with Crippen LogP contribution >= 0.6 is 0 Å². The summed E-state index contributed by atoms with van der Waals surface area (Å²) in [5, 5.41) is 0. The van der Waals surface area contributed by atoms with Crippen LogP contribution in [0.4, 0.5) is 10.2 Å². The van der Waals surface area contributed by atoms with Crippen molar-refractivity contribution >= 4 is 11.8 Å². The Hall–Kier alpha value is -2.04. The number of hydrogen-bond acceptors (Lipinski definition) is 8. The van der Waals surface area contributed by atoms with Gasteiger partial charge in [0.05, 0.1) is 0 Å². The maximum atomic E-state index is 15.3. The first-order valence-corrected chi connectivity index (χ1v) is 7.32. The Labute approximate surface area is 136 Å². The van der Waals surface area contributed by atoms with E-state index in [1.165, 1.54) is 12.3 Å². The number of fused-ring (bicyclic) bond motifs is 1. The predicted molar refractivity (Wildman–Crippen MR) is 77.3 cm³/mol. The summed E-state index contributed by atoms with van der Waals surface area (Å²) in [6.45, 7) is 3.69. The van der Waals surface area contributed by atoms with E-state index in [0.717, 1.165) is 11.5 Å². The minimum Gasteiger partial charge on any atom is -0.460 e. The van der Waals surface area contributed by atoms with E-state index in [-0.39, 0.29) is 5.82 Å². The van der Waals surface area contributed by atoms with Gasteiger partial charge in [0.25, 0.3) is 5.85 Å². The maximum absolute atomic E-state index is 15.3. The summed E-state index contributed by atoms with van der Waals surface area (Å²) in [6.07, 6.45) is -1.92. The van der Waals surface area contributed by atoms with Crippen LogP contribution in [-0.4, -0.2) is 46.0 Å². The van der Waals surface area contributed by atoms with Crippen LogP contribution in [0.15, 0.2) is 17.1 Å². The molecule has 1 aromatic rings. The molecular formula is C14H18FN3O6. The minimum absolute atomic E-state index is 0.0288.